The highest BCUT2D eigenvalue weighted by atomic mass is 16.7. The fourth-order valence-electron chi connectivity index (χ4n) is 0.963. The fraction of sp³-hybridized carbons (Fsp3) is 0.273. The van der Waals surface area contributed by atoms with Crippen LogP contribution in [0, 0.1) is 0 Å². The Hall–Kier alpha value is -1.28. The van der Waals surface area contributed by atoms with E-state index in [1.807, 2.05) is 31.2 Å². The molecule has 13 heavy (non-hydrogen) atoms. The Kier molecular flexibility index (Phi) is 3.53. The van der Waals surface area contributed by atoms with Gasteiger partial charge in [-0.05, 0) is 24.6 Å². The highest BCUT2D eigenvalue weighted by molar-refractivity contribution is 5.61. The van der Waals surface area contributed by atoms with Crippen molar-refractivity contribution in [1.29, 1.82) is 0 Å². The summed E-state index contributed by atoms with van der Waals surface area (Å²) in [6.45, 7) is 6.11. The molecule has 0 unspecified atom stereocenters. The molecule has 0 aliphatic heterocycles. The summed E-state index contributed by atoms with van der Waals surface area (Å²) in [5.74, 6) is 0.812. The first-order valence-electron chi connectivity index (χ1n) is 4.11. The van der Waals surface area contributed by atoms with Crippen LogP contribution >= 0.6 is 0 Å². The quantitative estimate of drug-likeness (QED) is 0.660. The highest BCUT2D eigenvalue weighted by Crippen LogP contribution is 2.16. The van der Waals surface area contributed by atoms with Crippen LogP contribution in [-0.4, -0.2) is 13.9 Å². The van der Waals surface area contributed by atoms with Crippen molar-refractivity contribution in [3.05, 3.63) is 36.4 Å². The average molecular weight is 178 g/mol. The zero-order valence-corrected chi connectivity index (χ0v) is 8.04. The summed E-state index contributed by atoms with van der Waals surface area (Å²) in [5, 5.41) is 0. The lowest BCUT2D eigenvalue weighted by Gasteiger charge is -2.05. The average Bonchev–Trinajstić information content (AvgIpc) is 2.15. The summed E-state index contributed by atoms with van der Waals surface area (Å²) in [5.41, 5.74) is 2.18. The third-order valence-electron chi connectivity index (χ3n) is 1.69. The van der Waals surface area contributed by atoms with E-state index in [1.54, 1.807) is 7.11 Å². The molecule has 0 saturated heterocycles. The van der Waals surface area contributed by atoms with Crippen LogP contribution in [0.4, 0.5) is 0 Å². The molecule has 0 atom stereocenters. The summed E-state index contributed by atoms with van der Waals surface area (Å²) >= 11 is 0. The van der Waals surface area contributed by atoms with Gasteiger partial charge in [0, 0.05) is 7.11 Å². The molecule has 0 aliphatic rings. The third-order valence-corrected chi connectivity index (χ3v) is 1.69. The Labute approximate surface area is 78.8 Å². The van der Waals surface area contributed by atoms with Crippen LogP contribution < -0.4 is 4.74 Å². The van der Waals surface area contributed by atoms with E-state index in [9.17, 15) is 0 Å². The number of methoxy groups -OCH3 is 1. The molecular weight excluding hydrogens is 164 g/mol. The van der Waals surface area contributed by atoms with Gasteiger partial charge in [-0.1, -0.05) is 24.3 Å². The highest BCUT2D eigenvalue weighted by Gasteiger charge is 1.94. The smallest absolute Gasteiger partial charge is 0.188 e. The lowest BCUT2D eigenvalue weighted by atomic mass is 10.1. The lowest BCUT2D eigenvalue weighted by Crippen LogP contribution is -1.98. The second-order valence-electron chi connectivity index (χ2n) is 2.86. The van der Waals surface area contributed by atoms with Crippen LogP contribution in [0.15, 0.2) is 30.8 Å². The first-order valence-corrected chi connectivity index (χ1v) is 4.11. The predicted octanol–water partition coefficient (Wildman–Crippen LogP) is 2.70. The number of hydrogen-bond donors (Lipinski definition) is 0. The topological polar surface area (TPSA) is 18.5 Å². The molecule has 0 fully saturated rings. The largest absolute Gasteiger partial charge is 0.468 e. The monoisotopic (exact) mass is 178 g/mol. The van der Waals surface area contributed by atoms with Crippen molar-refractivity contribution in [2.75, 3.05) is 13.9 Å². The fourth-order valence-corrected chi connectivity index (χ4v) is 0.963. The Morgan fingerprint density at radius 3 is 2.38 bits per heavy atom. The van der Waals surface area contributed by atoms with Gasteiger partial charge in [0.05, 0.1) is 0 Å². The van der Waals surface area contributed by atoms with Crippen LogP contribution in [0.1, 0.15) is 12.5 Å². The van der Waals surface area contributed by atoms with Crippen LogP contribution in [0.3, 0.4) is 0 Å². The zero-order valence-electron chi connectivity index (χ0n) is 8.04. The number of hydrogen-bond acceptors (Lipinski definition) is 2. The minimum Gasteiger partial charge on any atom is -0.468 e. The normalized spacial score (nSPS) is 9.69. The molecule has 70 valence electrons. The summed E-state index contributed by atoms with van der Waals surface area (Å²) in [4.78, 5) is 0. The summed E-state index contributed by atoms with van der Waals surface area (Å²) in [6, 6.07) is 7.77. The van der Waals surface area contributed by atoms with E-state index >= 15 is 0 Å². The van der Waals surface area contributed by atoms with Gasteiger partial charge in [0.1, 0.15) is 5.75 Å². The molecule has 2 nitrogen and oxygen atoms in total. The molecular formula is C11H14O2. The van der Waals surface area contributed by atoms with Crippen molar-refractivity contribution in [2.24, 2.45) is 0 Å². The van der Waals surface area contributed by atoms with E-state index in [4.69, 9.17) is 9.47 Å². The van der Waals surface area contributed by atoms with E-state index in [-0.39, 0.29) is 6.79 Å². The summed E-state index contributed by atoms with van der Waals surface area (Å²) in [6.07, 6.45) is 0. The molecule has 1 rings (SSSR count). The molecule has 0 spiro atoms. The van der Waals surface area contributed by atoms with Gasteiger partial charge in [-0.3, -0.25) is 0 Å². The maximum absolute atomic E-state index is 5.24. The number of ether oxygens (including phenoxy) is 2. The molecule has 1 aromatic carbocycles. The molecule has 0 aromatic heterocycles. The number of benzene rings is 1. The Morgan fingerprint density at radius 1 is 1.31 bits per heavy atom. The maximum atomic E-state index is 5.24. The van der Waals surface area contributed by atoms with E-state index in [0.29, 0.717) is 0 Å². The second-order valence-corrected chi connectivity index (χ2v) is 2.86. The number of allylic oxidation sites excluding steroid dienone is 1. The second kappa shape index (κ2) is 4.67. The Bertz CT molecular complexity index is 275. The van der Waals surface area contributed by atoms with Crippen molar-refractivity contribution in [3.8, 4) is 5.75 Å². The van der Waals surface area contributed by atoms with Crippen molar-refractivity contribution in [1.82, 2.24) is 0 Å². The molecule has 0 radical (unpaired) electrons. The van der Waals surface area contributed by atoms with Crippen LogP contribution in [0.2, 0.25) is 0 Å². The lowest BCUT2D eigenvalue weighted by molar-refractivity contribution is 0.0511. The van der Waals surface area contributed by atoms with Crippen molar-refractivity contribution < 1.29 is 9.47 Å². The van der Waals surface area contributed by atoms with Gasteiger partial charge in [-0.2, -0.15) is 0 Å². The van der Waals surface area contributed by atoms with Crippen LogP contribution in [-0.2, 0) is 4.74 Å². The molecule has 0 bridgehead atoms. The molecule has 0 amide bonds. The van der Waals surface area contributed by atoms with E-state index in [0.717, 1.165) is 16.9 Å². The van der Waals surface area contributed by atoms with Gasteiger partial charge in [-0.15, -0.1) is 0 Å². The summed E-state index contributed by atoms with van der Waals surface area (Å²) < 4.78 is 10.0. The number of rotatable bonds is 4. The third kappa shape index (κ3) is 2.92. The molecule has 1 aromatic rings. The van der Waals surface area contributed by atoms with E-state index < -0.39 is 0 Å². The van der Waals surface area contributed by atoms with Gasteiger partial charge in [0.2, 0.25) is 0 Å². The van der Waals surface area contributed by atoms with Crippen molar-refractivity contribution in [2.45, 2.75) is 6.92 Å². The zero-order chi connectivity index (χ0) is 9.68. The van der Waals surface area contributed by atoms with E-state index in [2.05, 4.69) is 6.58 Å². The Morgan fingerprint density at radius 2 is 1.92 bits per heavy atom. The van der Waals surface area contributed by atoms with Gasteiger partial charge < -0.3 is 9.47 Å². The van der Waals surface area contributed by atoms with Gasteiger partial charge in [0.25, 0.3) is 0 Å². The van der Waals surface area contributed by atoms with Gasteiger partial charge in [-0.25, -0.2) is 0 Å². The van der Waals surface area contributed by atoms with Crippen LogP contribution in [0.5, 0.6) is 5.75 Å². The van der Waals surface area contributed by atoms with Crippen molar-refractivity contribution >= 4 is 5.57 Å². The maximum Gasteiger partial charge on any atom is 0.188 e. The molecule has 0 aliphatic carbocycles. The Balaban J connectivity index is 2.64. The summed E-state index contributed by atoms with van der Waals surface area (Å²) in [7, 11) is 1.60. The van der Waals surface area contributed by atoms with Crippen molar-refractivity contribution in [3.63, 3.8) is 0 Å². The minimum atomic E-state index is 0.284. The molecule has 0 N–H and O–H groups in total. The van der Waals surface area contributed by atoms with E-state index in [1.165, 1.54) is 0 Å². The minimum absolute atomic E-state index is 0.284. The SMILES string of the molecule is C=C(C)c1ccc(OCOC)cc1. The first kappa shape index (κ1) is 9.81. The predicted molar refractivity (Wildman–Crippen MR) is 53.7 cm³/mol. The molecule has 0 saturated carbocycles. The standard InChI is InChI=1S/C11H14O2/c1-9(2)10-4-6-11(7-5-10)13-8-12-3/h4-7H,1,8H2,2-3H3. The van der Waals surface area contributed by atoms with Crippen LogP contribution in [0.25, 0.3) is 5.57 Å². The first-order chi connectivity index (χ1) is 6.24. The molecule has 0 heterocycles. The molecule has 2 heteroatoms. The van der Waals surface area contributed by atoms with Gasteiger partial charge >= 0.3 is 0 Å². The van der Waals surface area contributed by atoms with Gasteiger partial charge in [0.15, 0.2) is 6.79 Å².